The maximum Gasteiger partial charge on any atom is 0.242 e. The molecule has 3 aliphatic rings. The Morgan fingerprint density at radius 3 is 2.79 bits per heavy atom. The van der Waals surface area contributed by atoms with Crippen molar-refractivity contribution < 1.29 is 19.1 Å². The van der Waals surface area contributed by atoms with Gasteiger partial charge in [0.05, 0.1) is 19.8 Å². The number of hydrogen-bond donors (Lipinski definition) is 2. The number of fused-ring (bicyclic) bond motifs is 5. The lowest BCUT2D eigenvalue weighted by Crippen LogP contribution is -2.48. The van der Waals surface area contributed by atoms with E-state index in [2.05, 4.69) is 34.9 Å². The smallest absolute Gasteiger partial charge is 0.242 e. The van der Waals surface area contributed by atoms with Crippen LogP contribution in [0.25, 0.3) is 0 Å². The van der Waals surface area contributed by atoms with Gasteiger partial charge in [0.25, 0.3) is 0 Å². The molecule has 1 fully saturated rings. The molecule has 2 amide bonds. The number of benzene rings is 1. The zero-order valence-electron chi connectivity index (χ0n) is 19.7. The van der Waals surface area contributed by atoms with Gasteiger partial charge in [-0.2, -0.15) is 0 Å². The van der Waals surface area contributed by atoms with Crippen LogP contribution in [0.1, 0.15) is 74.6 Å². The van der Waals surface area contributed by atoms with E-state index in [0.29, 0.717) is 26.1 Å². The van der Waals surface area contributed by atoms with Gasteiger partial charge in [0.1, 0.15) is 11.8 Å². The SMILES string of the molecule is COc1ccc2c(c1)C1CC2OC/C=C/CCCCC(N2CCCC2=O)C(=O)NCCCN1. The minimum Gasteiger partial charge on any atom is -0.497 e. The van der Waals surface area contributed by atoms with Gasteiger partial charge < -0.3 is 25.0 Å². The fourth-order valence-corrected chi connectivity index (χ4v) is 5.17. The second-order valence-corrected chi connectivity index (χ2v) is 9.17. The summed E-state index contributed by atoms with van der Waals surface area (Å²) in [7, 11) is 1.69. The van der Waals surface area contributed by atoms with E-state index in [1.165, 1.54) is 11.1 Å². The monoisotopic (exact) mass is 455 g/mol. The van der Waals surface area contributed by atoms with Crippen LogP contribution in [0, 0.1) is 0 Å². The van der Waals surface area contributed by atoms with E-state index < -0.39 is 0 Å². The normalized spacial score (nSPS) is 28.5. The molecule has 180 valence electrons. The van der Waals surface area contributed by atoms with Crippen LogP contribution in [-0.4, -0.2) is 56.1 Å². The predicted octanol–water partition coefficient (Wildman–Crippen LogP) is 3.41. The van der Waals surface area contributed by atoms with Crippen molar-refractivity contribution in [2.45, 2.75) is 69.6 Å². The first kappa shape index (κ1) is 23.8. The predicted molar refractivity (Wildman–Crippen MR) is 127 cm³/mol. The van der Waals surface area contributed by atoms with Crippen molar-refractivity contribution in [1.29, 1.82) is 0 Å². The number of methoxy groups -OCH3 is 1. The highest BCUT2D eigenvalue weighted by atomic mass is 16.5. The molecule has 3 unspecified atom stereocenters. The summed E-state index contributed by atoms with van der Waals surface area (Å²) in [5.41, 5.74) is 2.46. The van der Waals surface area contributed by atoms with Crippen LogP contribution in [0.3, 0.4) is 0 Å². The van der Waals surface area contributed by atoms with Crippen LogP contribution < -0.4 is 15.4 Å². The van der Waals surface area contributed by atoms with Crippen LogP contribution in [0.2, 0.25) is 0 Å². The van der Waals surface area contributed by atoms with Crippen molar-refractivity contribution >= 4 is 11.8 Å². The standard InChI is InChI=1S/C26H37N3O4/c1-32-19-11-12-20-21(17-19)22-18-24(20)33-16-6-4-2-3-5-9-23(29-15-7-10-25(29)30)26(31)28-14-8-13-27-22/h4,6,11-12,17,22-24,27H,2-3,5,7-10,13-16,18H2,1H3,(H,28,31)/b6-4+. The average molecular weight is 456 g/mol. The Labute approximate surface area is 196 Å². The zero-order chi connectivity index (χ0) is 23.0. The number of amides is 2. The molecular weight excluding hydrogens is 418 g/mol. The quantitative estimate of drug-likeness (QED) is 0.668. The highest BCUT2D eigenvalue weighted by Crippen LogP contribution is 2.42. The Bertz CT molecular complexity index is 856. The molecule has 2 heterocycles. The molecule has 7 nitrogen and oxygen atoms in total. The van der Waals surface area contributed by atoms with E-state index in [9.17, 15) is 9.59 Å². The van der Waals surface area contributed by atoms with Crippen molar-refractivity contribution in [3.63, 3.8) is 0 Å². The van der Waals surface area contributed by atoms with Crippen LogP contribution in [-0.2, 0) is 14.3 Å². The number of nitrogens with zero attached hydrogens (tertiary/aromatic N) is 1. The van der Waals surface area contributed by atoms with Gasteiger partial charge in [0.15, 0.2) is 0 Å². The topological polar surface area (TPSA) is 79.9 Å². The lowest BCUT2D eigenvalue weighted by molar-refractivity contribution is -0.137. The Hall–Kier alpha value is -2.38. The first-order valence-electron chi connectivity index (χ1n) is 12.4. The van der Waals surface area contributed by atoms with Crippen molar-refractivity contribution in [2.75, 3.05) is 33.4 Å². The summed E-state index contributed by atoms with van der Waals surface area (Å²) in [6, 6.07) is 6.09. The maximum absolute atomic E-state index is 12.9. The Morgan fingerprint density at radius 2 is 1.97 bits per heavy atom. The summed E-state index contributed by atoms with van der Waals surface area (Å²) in [5, 5.41) is 6.73. The molecule has 2 aliphatic heterocycles. The Morgan fingerprint density at radius 1 is 1.06 bits per heavy atom. The van der Waals surface area contributed by atoms with Crippen LogP contribution in [0.5, 0.6) is 5.75 Å². The van der Waals surface area contributed by atoms with Crippen LogP contribution in [0.4, 0.5) is 0 Å². The Balaban J connectivity index is 1.42. The zero-order valence-corrected chi connectivity index (χ0v) is 19.7. The molecule has 0 aromatic heterocycles. The van der Waals surface area contributed by atoms with Gasteiger partial charge >= 0.3 is 0 Å². The molecule has 4 rings (SSSR count). The van der Waals surface area contributed by atoms with Crippen molar-refractivity contribution in [1.82, 2.24) is 15.5 Å². The molecule has 2 bridgehead atoms. The summed E-state index contributed by atoms with van der Waals surface area (Å²) in [6.45, 7) is 2.68. The number of likely N-dealkylation sites (tertiary alicyclic amines) is 1. The fraction of sp³-hybridized carbons (Fsp3) is 0.615. The van der Waals surface area contributed by atoms with Crippen molar-refractivity contribution in [2.24, 2.45) is 0 Å². The summed E-state index contributed by atoms with van der Waals surface area (Å²) < 4.78 is 11.7. The van der Waals surface area contributed by atoms with Crippen molar-refractivity contribution in [3.8, 4) is 5.75 Å². The number of carbonyl (C=O) groups excluding carboxylic acids is 2. The lowest BCUT2D eigenvalue weighted by atomic mass is 10.1. The summed E-state index contributed by atoms with van der Waals surface area (Å²) in [5.74, 6) is 0.960. The van der Waals surface area contributed by atoms with Gasteiger partial charge in [-0.05, 0) is 68.3 Å². The molecule has 0 spiro atoms. The molecule has 1 aromatic carbocycles. The van der Waals surface area contributed by atoms with E-state index in [1.807, 2.05) is 6.07 Å². The fourth-order valence-electron chi connectivity index (χ4n) is 5.17. The highest BCUT2D eigenvalue weighted by molar-refractivity contribution is 5.88. The van der Waals surface area contributed by atoms with Crippen molar-refractivity contribution in [3.05, 3.63) is 41.5 Å². The molecule has 33 heavy (non-hydrogen) atoms. The summed E-state index contributed by atoms with van der Waals surface area (Å²) in [6.07, 6.45) is 11.1. The lowest BCUT2D eigenvalue weighted by Gasteiger charge is -2.27. The number of rotatable bonds is 2. The molecule has 3 atom stereocenters. The third-order valence-electron chi connectivity index (χ3n) is 6.96. The maximum atomic E-state index is 12.9. The number of carbonyl (C=O) groups is 2. The highest BCUT2D eigenvalue weighted by Gasteiger charge is 2.33. The third kappa shape index (κ3) is 5.95. The molecule has 1 aromatic rings. The van der Waals surface area contributed by atoms with E-state index in [4.69, 9.17) is 9.47 Å². The second kappa shape index (κ2) is 11.7. The summed E-state index contributed by atoms with van der Waals surface area (Å²) >= 11 is 0. The van der Waals surface area contributed by atoms with Crippen LogP contribution >= 0.6 is 0 Å². The molecule has 7 heteroatoms. The van der Waals surface area contributed by atoms with Gasteiger partial charge in [-0.25, -0.2) is 0 Å². The first-order chi connectivity index (χ1) is 16.2. The van der Waals surface area contributed by atoms with Gasteiger partial charge in [-0.15, -0.1) is 0 Å². The van der Waals surface area contributed by atoms with Crippen LogP contribution in [0.15, 0.2) is 30.4 Å². The average Bonchev–Trinajstić information content (AvgIpc) is 3.40. The molecule has 0 saturated carbocycles. The second-order valence-electron chi connectivity index (χ2n) is 9.17. The van der Waals surface area contributed by atoms with Gasteiger partial charge in [0.2, 0.25) is 11.8 Å². The van der Waals surface area contributed by atoms with Gasteiger partial charge in [-0.3, -0.25) is 9.59 Å². The van der Waals surface area contributed by atoms with E-state index in [0.717, 1.165) is 57.2 Å². The molecule has 0 radical (unpaired) electrons. The van der Waals surface area contributed by atoms with E-state index in [-0.39, 0.29) is 30.0 Å². The number of allylic oxidation sites excluding steroid dienone is 1. The van der Waals surface area contributed by atoms with Gasteiger partial charge in [-0.1, -0.05) is 24.6 Å². The number of hydrogen-bond acceptors (Lipinski definition) is 5. The summed E-state index contributed by atoms with van der Waals surface area (Å²) in [4.78, 5) is 27.0. The number of nitrogens with one attached hydrogen (secondary N) is 2. The van der Waals surface area contributed by atoms with Gasteiger partial charge in [0, 0.05) is 25.6 Å². The largest absolute Gasteiger partial charge is 0.497 e. The Kier molecular flexibility index (Phi) is 8.40. The first-order valence-corrected chi connectivity index (χ1v) is 12.4. The van der Waals surface area contributed by atoms with E-state index in [1.54, 1.807) is 12.0 Å². The minimum atomic E-state index is -0.339. The molecule has 1 saturated heterocycles. The molecular formula is C26H37N3O4. The minimum absolute atomic E-state index is 0.00804. The number of ether oxygens (including phenoxy) is 2. The van der Waals surface area contributed by atoms with E-state index >= 15 is 0 Å². The molecule has 2 N–H and O–H groups in total. The molecule has 1 aliphatic carbocycles. The third-order valence-corrected chi connectivity index (χ3v) is 6.96.